The Balaban J connectivity index is 1.77. The Morgan fingerprint density at radius 3 is 2.43 bits per heavy atom. The number of hydrogen-bond donors (Lipinski definition) is 1. The van der Waals surface area contributed by atoms with Gasteiger partial charge in [0.15, 0.2) is 0 Å². The highest BCUT2D eigenvalue weighted by molar-refractivity contribution is 7.92. The number of aliphatic hydroxyl groups is 1. The average molecular weight is 520 g/mol. The summed E-state index contributed by atoms with van der Waals surface area (Å²) in [7, 11) is -4.06. The predicted molar refractivity (Wildman–Crippen MR) is 139 cm³/mol. The smallest absolute Gasteiger partial charge is 0.373 e. The molecule has 37 heavy (non-hydrogen) atoms. The third-order valence-electron chi connectivity index (χ3n) is 6.91. The summed E-state index contributed by atoms with van der Waals surface area (Å²) in [5.74, 6) is -1.97. The maximum absolute atomic E-state index is 14.3. The molecular formula is C29H29NO6S. The fourth-order valence-electron chi connectivity index (χ4n) is 5.26. The average Bonchev–Trinajstić information content (AvgIpc) is 2.88. The van der Waals surface area contributed by atoms with Crippen LogP contribution in [0.2, 0.25) is 0 Å². The third kappa shape index (κ3) is 4.40. The number of para-hydroxylation sites is 1. The molecule has 2 aliphatic rings. The number of rotatable bonds is 5. The molecule has 0 saturated carbocycles. The van der Waals surface area contributed by atoms with Crippen LogP contribution in [-0.2, 0) is 24.3 Å². The number of carbonyl (C=O) groups is 1. The molecule has 0 fully saturated rings. The molecule has 5 rings (SSSR count). The maximum atomic E-state index is 14.3. The van der Waals surface area contributed by atoms with Crippen LogP contribution in [0.3, 0.4) is 0 Å². The fourth-order valence-corrected chi connectivity index (χ4v) is 6.95. The quantitative estimate of drug-likeness (QED) is 0.489. The molecule has 3 aromatic carbocycles. The van der Waals surface area contributed by atoms with Crippen LogP contribution in [0.15, 0.2) is 89.5 Å². The minimum Gasteiger partial charge on any atom is -0.460 e. The number of aryl methyl sites for hydroxylation is 2. The summed E-state index contributed by atoms with van der Waals surface area (Å²) in [5, 5.41) is 11.3. The standard InChI is InChI=1S/C29H29NO6S/c1-4-35-28(31)25-17-23-22-10-5-6-11-24(22)30(37(33,34)21-14-12-18(2)13-15-21)27(26(23)29(32)36-25)20-9-7-8-19(3)16-20/h5-17,23,26-27,29,32H,4H2,1-3H3/t23-,26+,27-,29+/m1/s1. The minimum atomic E-state index is -4.06. The van der Waals surface area contributed by atoms with Gasteiger partial charge in [0, 0.05) is 5.92 Å². The lowest BCUT2D eigenvalue weighted by molar-refractivity contribution is -0.161. The molecule has 0 radical (unpaired) electrons. The van der Waals surface area contributed by atoms with E-state index in [4.69, 9.17) is 9.47 Å². The highest BCUT2D eigenvalue weighted by Crippen LogP contribution is 2.54. The van der Waals surface area contributed by atoms with E-state index in [0.717, 1.165) is 16.7 Å². The number of benzene rings is 3. The molecule has 2 aliphatic heterocycles. The number of sulfonamides is 1. The van der Waals surface area contributed by atoms with E-state index in [1.165, 1.54) is 4.31 Å². The van der Waals surface area contributed by atoms with Gasteiger partial charge in [0.1, 0.15) is 0 Å². The molecule has 0 bridgehead atoms. The van der Waals surface area contributed by atoms with Crippen molar-refractivity contribution < 1.29 is 27.8 Å². The zero-order chi connectivity index (χ0) is 26.3. The number of allylic oxidation sites excluding steroid dienone is 1. The summed E-state index contributed by atoms with van der Waals surface area (Å²) in [6.07, 6.45) is 0.191. The summed E-state index contributed by atoms with van der Waals surface area (Å²) < 4.78 is 40.8. The molecule has 8 heteroatoms. The molecule has 0 unspecified atom stereocenters. The number of anilines is 1. The molecule has 0 aliphatic carbocycles. The van der Waals surface area contributed by atoms with E-state index in [0.29, 0.717) is 11.3 Å². The van der Waals surface area contributed by atoms with Crippen LogP contribution in [-0.4, -0.2) is 32.4 Å². The van der Waals surface area contributed by atoms with Gasteiger partial charge in [0.2, 0.25) is 12.0 Å². The molecule has 1 N–H and O–H groups in total. The Morgan fingerprint density at radius 1 is 1.00 bits per heavy atom. The first-order valence-corrected chi connectivity index (χ1v) is 13.7. The van der Waals surface area contributed by atoms with E-state index in [9.17, 15) is 18.3 Å². The number of nitrogens with zero attached hydrogens (tertiary/aromatic N) is 1. The van der Waals surface area contributed by atoms with Gasteiger partial charge in [-0.1, -0.05) is 65.7 Å². The van der Waals surface area contributed by atoms with Crippen LogP contribution in [0.25, 0.3) is 0 Å². The van der Waals surface area contributed by atoms with Gasteiger partial charge in [-0.2, -0.15) is 0 Å². The second-order valence-corrected chi connectivity index (χ2v) is 11.2. The number of fused-ring (bicyclic) bond motifs is 3. The zero-order valence-electron chi connectivity index (χ0n) is 20.9. The Bertz CT molecular complexity index is 1460. The minimum absolute atomic E-state index is 0.0803. The SMILES string of the molecule is CCOC(=O)C1=C[C@@H]2c3ccccc3N(S(=O)(=O)c3ccc(C)cc3)[C@H](c3cccc(C)c3)[C@H]2[C@@H](O)O1. The summed E-state index contributed by atoms with van der Waals surface area (Å²) >= 11 is 0. The Morgan fingerprint density at radius 2 is 1.73 bits per heavy atom. The molecule has 0 aromatic heterocycles. The lowest BCUT2D eigenvalue weighted by Gasteiger charge is -2.48. The Hall–Kier alpha value is -3.62. The van der Waals surface area contributed by atoms with Gasteiger partial charge in [-0.3, -0.25) is 4.31 Å². The second-order valence-electron chi connectivity index (χ2n) is 9.39. The van der Waals surface area contributed by atoms with Crippen LogP contribution < -0.4 is 4.31 Å². The highest BCUT2D eigenvalue weighted by atomic mass is 32.2. The van der Waals surface area contributed by atoms with Crippen LogP contribution in [0.5, 0.6) is 0 Å². The van der Waals surface area contributed by atoms with Gasteiger partial charge >= 0.3 is 5.97 Å². The van der Waals surface area contributed by atoms with Gasteiger partial charge in [-0.15, -0.1) is 0 Å². The summed E-state index contributed by atoms with van der Waals surface area (Å²) in [5.41, 5.74) is 3.78. The number of carbonyl (C=O) groups excluding carboxylic acids is 1. The van der Waals surface area contributed by atoms with Gasteiger partial charge in [-0.25, -0.2) is 13.2 Å². The van der Waals surface area contributed by atoms with Gasteiger partial charge in [0.05, 0.1) is 29.1 Å². The lowest BCUT2D eigenvalue weighted by Crippen LogP contribution is -2.50. The molecule has 0 saturated heterocycles. The Kier molecular flexibility index (Phi) is 6.56. The van der Waals surface area contributed by atoms with Gasteiger partial charge < -0.3 is 14.6 Å². The van der Waals surface area contributed by atoms with E-state index in [2.05, 4.69) is 0 Å². The molecule has 4 atom stereocenters. The van der Waals surface area contributed by atoms with Crippen LogP contribution in [0.1, 0.15) is 41.1 Å². The van der Waals surface area contributed by atoms with Gasteiger partial charge in [-0.05, 0) is 56.2 Å². The highest BCUT2D eigenvalue weighted by Gasteiger charge is 2.52. The van der Waals surface area contributed by atoms with Crippen molar-refractivity contribution in [1.29, 1.82) is 0 Å². The van der Waals surface area contributed by atoms with E-state index in [1.54, 1.807) is 49.4 Å². The predicted octanol–water partition coefficient (Wildman–Crippen LogP) is 4.75. The maximum Gasteiger partial charge on any atom is 0.373 e. The van der Waals surface area contributed by atoms with Crippen molar-refractivity contribution in [3.05, 3.63) is 107 Å². The zero-order valence-corrected chi connectivity index (χ0v) is 21.7. The molecule has 192 valence electrons. The molecule has 0 spiro atoms. The number of aliphatic hydroxyl groups excluding tert-OH is 1. The number of esters is 1. The normalized spacial score (nSPS) is 22.8. The molecule has 7 nitrogen and oxygen atoms in total. The lowest BCUT2D eigenvalue weighted by atomic mass is 9.73. The van der Waals surface area contributed by atoms with Crippen molar-refractivity contribution >= 4 is 21.7 Å². The first-order chi connectivity index (χ1) is 17.7. The largest absolute Gasteiger partial charge is 0.460 e. The molecule has 2 heterocycles. The topological polar surface area (TPSA) is 93.1 Å². The number of hydrogen-bond acceptors (Lipinski definition) is 6. The summed E-state index contributed by atoms with van der Waals surface area (Å²) in [6, 6.07) is 20.7. The van der Waals surface area contributed by atoms with Crippen molar-refractivity contribution in [3.63, 3.8) is 0 Å². The summed E-state index contributed by atoms with van der Waals surface area (Å²) in [4.78, 5) is 12.7. The summed E-state index contributed by atoms with van der Waals surface area (Å²) in [6.45, 7) is 5.69. The first-order valence-electron chi connectivity index (χ1n) is 12.2. The first kappa shape index (κ1) is 25.0. The second kappa shape index (κ2) is 9.68. The van der Waals surface area contributed by atoms with Crippen molar-refractivity contribution in [1.82, 2.24) is 0 Å². The fraction of sp³-hybridized carbons (Fsp3) is 0.276. The van der Waals surface area contributed by atoms with Crippen LogP contribution in [0, 0.1) is 19.8 Å². The molecule has 3 aromatic rings. The van der Waals surface area contributed by atoms with E-state index in [1.807, 2.05) is 50.2 Å². The van der Waals surface area contributed by atoms with E-state index in [-0.39, 0.29) is 17.3 Å². The molecular weight excluding hydrogens is 490 g/mol. The van der Waals surface area contributed by atoms with Crippen molar-refractivity contribution in [2.24, 2.45) is 5.92 Å². The van der Waals surface area contributed by atoms with Crippen LogP contribution in [0.4, 0.5) is 5.69 Å². The third-order valence-corrected chi connectivity index (χ3v) is 8.72. The van der Waals surface area contributed by atoms with Gasteiger partial charge in [0.25, 0.3) is 10.0 Å². The Labute approximate surface area is 217 Å². The monoisotopic (exact) mass is 519 g/mol. The van der Waals surface area contributed by atoms with E-state index < -0.39 is 40.2 Å². The van der Waals surface area contributed by atoms with Crippen LogP contribution >= 0.6 is 0 Å². The van der Waals surface area contributed by atoms with Crippen molar-refractivity contribution in [3.8, 4) is 0 Å². The van der Waals surface area contributed by atoms with Crippen molar-refractivity contribution in [2.75, 3.05) is 10.9 Å². The molecule has 0 amide bonds. The van der Waals surface area contributed by atoms with Crippen molar-refractivity contribution in [2.45, 2.75) is 43.9 Å². The number of ether oxygens (including phenoxy) is 2. The van der Waals surface area contributed by atoms with E-state index >= 15 is 0 Å².